The highest BCUT2D eigenvalue weighted by Gasteiger charge is 2.19. The van der Waals surface area contributed by atoms with E-state index in [4.69, 9.17) is 21.3 Å². The SMILES string of the molecule is N[C@@H](Cc1ccc(OC(=O)[C@@H](N)Cc2ccc(O)cc2)cc1F)C(=O)O. The Morgan fingerprint density at radius 2 is 1.69 bits per heavy atom. The molecule has 8 heteroatoms. The molecule has 6 N–H and O–H groups in total. The fraction of sp³-hybridized carbons (Fsp3) is 0.222. The van der Waals surface area contributed by atoms with E-state index in [9.17, 15) is 19.1 Å². The number of rotatable bonds is 7. The quantitative estimate of drug-likeness (QED) is 0.425. The monoisotopic (exact) mass is 362 g/mol. The number of benzene rings is 2. The Labute approximate surface area is 149 Å². The first kappa shape index (κ1) is 19.4. The number of halogens is 1. The van der Waals surface area contributed by atoms with Crippen molar-refractivity contribution in [1.29, 1.82) is 0 Å². The van der Waals surface area contributed by atoms with Crippen LogP contribution in [0.2, 0.25) is 0 Å². The predicted octanol–water partition coefficient (Wildman–Crippen LogP) is 0.961. The lowest BCUT2D eigenvalue weighted by molar-refractivity contribution is -0.138. The zero-order chi connectivity index (χ0) is 19.3. The molecule has 2 atom stereocenters. The lowest BCUT2D eigenvalue weighted by Crippen LogP contribution is -2.36. The van der Waals surface area contributed by atoms with Crippen molar-refractivity contribution >= 4 is 11.9 Å². The molecule has 0 saturated heterocycles. The average molecular weight is 362 g/mol. The van der Waals surface area contributed by atoms with Crippen LogP contribution in [0.4, 0.5) is 4.39 Å². The molecule has 0 fully saturated rings. The van der Waals surface area contributed by atoms with Gasteiger partial charge in [-0.2, -0.15) is 0 Å². The van der Waals surface area contributed by atoms with Crippen molar-refractivity contribution in [3.05, 3.63) is 59.4 Å². The highest BCUT2D eigenvalue weighted by Crippen LogP contribution is 2.19. The second kappa shape index (κ2) is 8.41. The molecule has 0 amide bonds. The second-order valence-electron chi connectivity index (χ2n) is 5.80. The van der Waals surface area contributed by atoms with Gasteiger partial charge < -0.3 is 26.4 Å². The van der Waals surface area contributed by atoms with E-state index in [0.29, 0.717) is 0 Å². The van der Waals surface area contributed by atoms with E-state index in [-0.39, 0.29) is 29.9 Å². The van der Waals surface area contributed by atoms with E-state index in [2.05, 4.69) is 0 Å². The van der Waals surface area contributed by atoms with Crippen molar-refractivity contribution in [2.75, 3.05) is 0 Å². The van der Waals surface area contributed by atoms with Gasteiger partial charge in [0.25, 0.3) is 0 Å². The standard InChI is InChI=1S/C18H19FN2O5/c19-14-9-13(6-3-11(14)8-15(20)17(23)24)26-18(25)16(21)7-10-1-4-12(22)5-2-10/h1-6,9,15-16,22H,7-8,20-21H2,(H,23,24)/t15-,16-/m0/s1. The number of nitrogens with two attached hydrogens (primary N) is 2. The highest BCUT2D eigenvalue weighted by atomic mass is 19.1. The molecular formula is C18H19FN2O5. The first-order valence-corrected chi connectivity index (χ1v) is 7.78. The van der Waals surface area contributed by atoms with Gasteiger partial charge >= 0.3 is 11.9 Å². The van der Waals surface area contributed by atoms with Gasteiger partial charge in [0.2, 0.25) is 0 Å². The zero-order valence-electron chi connectivity index (χ0n) is 13.8. The Morgan fingerprint density at radius 1 is 1.04 bits per heavy atom. The van der Waals surface area contributed by atoms with E-state index in [0.717, 1.165) is 11.6 Å². The van der Waals surface area contributed by atoms with Gasteiger partial charge in [0.1, 0.15) is 29.4 Å². The van der Waals surface area contributed by atoms with Crippen molar-refractivity contribution in [2.24, 2.45) is 11.5 Å². The molecule has 0 bridgehead atoms. The Bertz CT molecular complexity index is 795. The third-order valence-electron chi connectivity index (χ3n) is 3.69. The van der Waals surface area contributed by atoms with E-state index in [1.807, 2.05) is 0 Å². The number of hydrogen-bond acceptors (Lipinski definition) is 6. The molecule has 0 heterocycles. The van der Waals surface area contributed by atoms with E-state index in [1.54, 1.807) is 12.1 Å². The van der Waals surface area contributed by atoms with Crippen molar-refractivity contribution in [2.45, 2.75) is 24.9 Å². The van der Waals surface area contributed by atoms with E-state index < -0.39 is 29.8 Å². The van der Waals surface area contributed by atoms with Gasteiger partial charge in [0.15, 0.2) is 0 Å². The number of carboxylic acids is 1. The number of carboxylic acid groups (broad SMARTS) is 1. The fourth-order valence-electron chi connectivity index (χ4n) is 2.24. The summed E-state index contributed by atoms with van der Waals surface area (Å²) in [7, 11) is 0. The summed E-state index contributed by atoms with van der Waals surface area (Å²) in [6.45, 7) is 0. The van der Waals surface area contributed by atoms with Gasteiger partial charge in [-0.3, -0.25) is 4.79 Å². The maximum absolute atomic E-state index is 14.0. The number of carbonyl (C=O) groups is 2. The molecule has 0 aromatic heterocycles. The lowest BCUT2D eigenvalue weighted by atomic mass is 10.1. The van der Waals surface area contributed by atoms with E-state index >= 15 is 0 Å². The van der Waals surface area contributed by atoms with Gasteiger partial charge in [0, 0.05) is 12.5 Å². The Kier molecular flexibility index (Phi) is 6.26. The average Bonchev–Trinajstić information content (AvgIpc) is 2.59. The second-order valence-corrected chi connectivity index (χ2v) is 5.80. The number of carbonyl (C=O) groups excluding carboxylic acids is 1. The minimum atomic E-state index is -1.24. The predicted molar refractivity (Wildman–Crippen MR) is 91.1 cm³/mol. The summed E-state index contributed by atoms with van der Waals surface area (Å²) in [5, 5.41) is 18.0. The molecule has 7 nitrogen and oxygen atoms in total. The largest absolute Gasteiger partial charge is 0.508 e. The maximum Gasteiger partial charge on any atom is 0.328 e. The molecule has 0 radical (unpaired) electrons. The minimum Gasteiger partial charge on any atom is -0.508 e. The van der Waals surface area contributed by atoms with Crippen LogP contribution in [-0.4, -0.2) is 34.2 Å². The molecule has 0 saturated carbocycles. The molecule has 0 aliphatic rings. The van der Waals surface area contributed by atoms with Gasteiger partial charge in [-0.25, -0.2) is 9.18 Å². The first-order valence-electron chi connectivity index (χ1n) is 7.78. The smallest absolute Gasteiger partial charge is 0.328 e. The number of hydrogen-bond donors (Lipinski definition) is 4. The summed E-state index contributed by atoms with van der Waals surface area (Å²) in [5.41, 5.74) is 12.0. The van der Waals surface area contributed by atoms with Crippen LogP contribution < -0.4 is 16.2 Å². The normalized spacial score (nSPS) is 13.0. The third kappa shape index (κ3) is 5.27. The summed E-state index contributed by atoms with van der Waals surface area (Å²) in [4.78, 5) is 22.8. The number of ether oxygens (including phenoxy) is 1. The van der Waals surface area contributed by atoms with Crippen LogP contribution in [0.1, 0.15) is 11.1 Å². The molecule has 0 unspecified atom stereocenters. The van der Waals surface area contributed by atoms with Crippen LogP contribution in [0.3, 0.4) is 0 Å². The number of aromatic hydroxyl groups is 1. The molecule has 26 heavy (non-hydrogen) atoms. The Balaban J connectivity index is 1.98. The highest BCUT2D eigenvalue weighted by molar-refractivity contribution is 5.78. The number of phenols is 1. The summed E-state index contributed by atoms with van der Waals surface area (Å²) >= 11 is 0. The molecule has 2 aromatic rings. The minimum absolute atomic E-state index is 0.0405. The number of aliphatic carboxylic acids is 1. The van der Waals surface area contributed by atoms with Gasteiger partial charge in [-0.15, -0.1) is 0 Å². The molecule has 138 valence electrons. The first-order chi connectivity index (χ1) is 12.3. The van der Waals surface area contributed by atoms with Crippen LogP contribution >= 0.6 is 0 Å². The summed E-state index contributed by atoms with van der Waals surface area (Å²) in [5.74, 6) is -2.64. The Morgan fingerprint density at radius 3 is 2.27 bits per heavy atom. The molecular weight excluding hydrogens is 343 g/mol. The summed E-state index contributed by atoms with van der Waals surface area (Å²) < 4.78 is 19.1. The van der Waals surface area contributed by atoms with Crippen LogP contribution in [0.25, 0.3) is 0 Å². The fourth-order valence-corrected chi connectivity index (χ4v) is 2.24. The number of phenolic OH excluding ortho intramolecular Hbond substituents is 1. The van der Waals surface area contributed by atoms with Gasteiger partial charge in [0.05, 0.1) is 0 Å². The summed E-state index contributed by atoms with van der Waals surface area (Å²) in [6, 6.07) is 7.65. The molecule has 2 aromatic carbocycles. The van der Waals surface area contributed by atoms with Crippen molar-refractivity contribution < 1.29 is 28.9 Å². The van der Waals surface area contributed by atoms with Crippen molar-refractivity contribution in [3.8, 4) is 11.5 Å². The molecule has 0 aliphatic heterocycles. The van der Waals surface area contributed by atoms with Crippen LogP contribution in [0.15, 0.2) is 42.5 Å². The van der Waals surface area contributed by atoms with Gasteiger partial charge in [-0.1, -0.05) is 18.2 Å². The zero-order valence-corrected chi connectivity index (χ0v) is 13.8. The lowest BCUT2D eigenvalue weighted by Gasteiger charge is -2.13. The topological polar surface area (TPSA) is 136 Å². The van der Waals surface area contributed by atoms with Gasteiger partial charge in [-0.05, 0) is 35.7 Å². The molecule has 0 spiro atoms. The maximum atomic E-state index is 14.0. The van der Waals surface area contributed by atoms with E-state index in [1.165, 1.54) is 24.3 Å². The molecule has 0 aliphatic carbocycles. The van der Waals surface area contributed by atoms with Crippen molar-refractivity contribution in [1.82, 2.24) is 0 Å². The molecule has 2 rings (SSSR count). The van der Waals surface area contributed by atoms with Crippen LogP contribution in [0.5, 0.6) is 11.5 Å². The third-order valence-corrected chi connectivity index (χ3v) is 3.69. The van der Waals surface area contributed by atoms with Crippen LogP contribution in [0, 0.1) is 5.82 Å². The Hall–Kier alpha value is -2.97. The summed E-state index contributed by atoms with van der Waals surface area (Å²) in [6.07, 6.45) is 0.00288. The number of esters is 1. The van der Waals surface area contributed by atoms with Crippen molar-refractivity contribution in [3.63, 3.8) is 0 Å². The van der Waals surface area contributed by atoms with Crippen LogP contribution in [-0.2, 0) is 22.4 Å².